The van der Waals surface area contributed by atoms with Gasteiger partial charge in [-0.3, -0.25) is 4.99 Å². The van der Waals surface area contributed by atoms with Gasteiger partial charge in [-0.15, -0.1) is 11.3 Å². The zero-order chi connectivity index (χ0) is 18.3. The van der Waals surface area contributed by atoms with Gasteiger partial charge in [0.2, 0.25) is 0 Å². The van der Waals surface area contributed by atoms with Crippen LogP contribution in [0.4, 0.5) is 0 Å². The number of nitrogens with zero attached hydrogens (tertiary/aromatic N) is 3. The van der Waals surface area contributed by atoms with E-state index in [0.29, 0.717) is 37.1 Å². The van der Waals surface area contributed by atoms with Gasteiger partial charge in [0.15, 0.2) is 5.96 Å². The van der Waals surface area contributed by atoms with Gasteiger partial charge in [0.25, 0.3) is 10.0 Å². The lowest BCUT2D eigenvalue weighted by molar-refractivity contribution is 0.0731. The number of hydrogen-bond acceptors (Lipinski definition) is 5. The Bertz CT molecular complexity index is 667. The summed E-state index contributed by atoms with van der Waals surface area (Å²) >= 11 is 1.31. The summed E-state index contributed by atoms with van der Waals surface area (Å²) in [6, 6.07) is 3.56. The van der Waals surface area contributed by atoms with E-state index in [1.165, 1.54) is 15.6 Å². The van der Waals surface area contributed by atoms with Crippen molar-refractivity contribution >= 4 is 27.3 Å². The maximum atomic E-state index is 12.6. The van der Waals surface area contributed by atoms with Crippen LogP contribution in [0.5, 0.6) is 0 Å². The molecule has 0 bridgehead atoms. The van der Waals surface area contributed by atoms with E-state index < -0.39 is 10.0 Å². The van der Waals surface area contributed by atoms with Gasteiger partial charge in [0, 0.05) is 38.6 Å². The third-order valence-corrected chi connectivity index (χ3v) is 7.49. The minimum atomic E-state index is -3.41. The Hall–Kier alpha value is -1.16. The number of hydrogen-bond donors (Lipinski definition) is 1. The van der Waals surface area contributed by atoms with Crippen LogP contribution in [0, 0.1) is 0 Å². The topological polar surface area (TPSA) is 74.2 Å². The van der Waals surface area contributed by atoms with Crippen LogP contribution in [-0.4, -0.2) is 70.5 Å². The lowest BCUT2D eigenvalue weighted by Crippen LogP contribution is -2.40. The van der Waals surface area contributed by atoms with Gasteiger partial charge in [0.1, 0.15) is 4.21 Å². The van der Waals surface area contributed by atoms with Crippen LogP contribution in [-0.2, 0) is 21.3 Å². The number of nitrogens with one attached hydrogen (secondary N) is 1. The largest absolute Gasteiger partial charge is 0.379 e. The molecule has 2 rings (SSSR count). The highest BCUT2D eigenvalue weighted by Crippen LogP contribution is 2.25. The molecular weight excluding hydrogens is 360 g/mol. The molecule has 1 aliphatic heterocycles. The summed E-state index contributed by atoms with van der Waals surface area (Å²) < 4.78 is 32.4. The third-order valence-electron chi connectivity index (χ3n) is 4.04. The second-order valence-electron chi connectivity index (χ2n) is 5.91. The fourth-order valence-corrected chi connectivity index (χ4v) is 5.42. The van der Waals surface area contributed by atoms with Crippen LogP contribution in [0.1, 0.15) is 24.6 Å². The van der Waals surface area contributed by atoms with Gasteiger partial charge in [-0.1, -0.05) is 13.3 Å². The van der Waals surface area contributed by atoms with Crippen molar-refractivity contribution < 1.29 is 13.2 Å². The van der Waals surface area contributed by atoms with Gasteiger partial charge < -0.3 is 15.0 Å². The average molecular weight is 389 g/mol. The molecule has 1 aromatic rings. The van der Waals surface area contributed by atoms with E-state index in [1.807, 2.05) is 13.1 Å². The first-order chi connectivity index (χ1) is 12.0. The summed E-state index contributed by atoms with van der Waals surface area (Å²) in [4.78, 5) is 7.34. The molecule has 1 aromatic heterocycles. The average Bonchev–Trinajstić information content (AvgIpc) is 3.11. The fourth-order valence-electron chi connectivity index (χ4n) is 2.56. The van der Waals surface area contributed by atoms with E-state index in [-0.39, 0.29) is 0 Å². The van der Waals surface area contributed by atoms with Crippen molar-refractivity contribution in [3.05, 3.63) is 17.0 Å². The van der Waals surface area contributed by atoms with Crippen molar-refractivity contribution in [2.75, 3.05) is 46.9 Å². The smallest absolute Gasteiger partial charge is 0.252 e. The molecule has 1 N–H and O–H groups in total. The molecule has 0 aromatic carbocycles. The quantitative estimate of drug-likeness (QED) is 0.567. The number of sulfonamides is 1. The normalized spacial score (nSPS) is 16.8. The fraction of sp³-hybridized carbons (Fsp3) is 0.688. The van der Waals surface area contributed by atoms with Crippen molar-refractivity contribution in [1.82, 2.24) is 14.5 Å². The van der Waals surface area contributed by atoms with Gasteiger partial charge in [0.05, 0.1) is 19.8 Å². The van der Waals surface area contributed by atoms with Crippen LogP contribution in [0.2, 0.25) is 0 Å². The van der Waals surface area contributed by atoms with Gasteiger partial charge in [-0.25, -0.2) is 8.42 Å². The van der Waals surface area contributed by atoms with Gasteiger partial charge in [-0.2, -0.15) is 4.31 Å². The highest BCUT2D eigenvalue weighted by molar-refractivity contribution is 7.91. The molecule has 0 saturated carbocycles. The number of rotatable bonds is 7. The Kier molecular flexibility index (Phi) is 7.67. The molecule has 9 heteroatoms. The van der Waals surface area contributed by atoms with E-state index in [4.69, 9.17) is 4.74 Å². The third kappa shape index (κ3) is 5.40. The van der Waals surface area contributed by atoms with Crippen LogP contribution >= 0.6 is 11.3 Å². The van der Waals surface area contributed by atoms with Crippen molar-refractivity contribution in [3.8, 4) is 0 Å². The van der Waals surface area contributed by atoms with E-state index in [1.54, 1.807) is 13.1 Å². The van der Waals surface area contributed by atoms with Crippen molar-refractivity contribution in [1.29, 1.82) is 0 Å². The van der Waals surface area contributed by atoms with Gasteiger partial charge >= 0.3 is 0 Å². The minimum absolute atomic E-state index is 0.389. The molecule has 1 saturated heterocycles. The Morgan fingerprint density at radius 2 is 2.12 bits per heavy atom. The second kappa shape index (κ2) is 9.51. The number of thiophene rings is 1. The van der Waals surface area contributed by atoms with E-state index in [0.717, 1.165) is 30.2 Å². The molecular formula is C16H28N4O3S2. The van der Waals surface area contributed by atoms with Crippen LogP contribution < -0.4 is 5.32 Å². The number of ether oxygens (including phenoxy) is 1. The first-order valence-corrected chi connectivity index (χ1v) is 10.8. The zero-order valence-corrected chi connectivity index (χ0v) is 16.8. The van der Waals surface area contributed by atoms with Gasteiger partial charge in [-0.05, 0) is 18.6 Å². The van der Waals surface area contributed by atoms with Crippen LogP contribution in [0.25, 0.3) is 0 Å². The zero-order valence-electron chi connectivity index (χ0n) is 15.2. The highest BCUT2D eigenvalue weighted by atomic mass is 32.2. The van der Waals surface area contributed by atoms with Crippen molar-refractivity contribution in [2.24, 2.45) is 4.99 Å². The van der Waals surface area contributed by atoms with Crippen LogP contribution in [0.15, 0.2) is 21.3 Å². The second-order valence-corrected chi connectivity index (χ2v) is 9.25. The van der Waals surface area contributed by atoms with Crippen molar-refractivity contribution in [2.45, 2.75) is 30.5 Å². The SMILES string of the molecule is CCCCN(C)C(=NC)NCc1ccc(S(=O)(=O)N2CCOCC2)s1. The number of unbranched alkanes of at least 4 members (excludes halogenated alkanes) is 1. The Morgan fingerprint density at radius 1 is 1.40 bits per heavy atom. The summed E-state index contributed by atoms with van der Waals surface area (Å²) in [5.41, 5.74) is 0. The molecule has 0 atom stereocenters. The Morgan fingerprint density at radius 3 is 2.76 bits per heavy atom. The number of morpholine rings is 1. The molecule has 1 aliphatic rings. The molecule has 0 aliphatic carbocycles. The molecule has 2 heterocycles. The number of aliphatic imine (C=N–C) groups is 1. The molecule has 0 spiro atoms. The summed E-state index contributed by atoms with van der Waals surface area (Å²) in [6.45, 7) is 5.42. The molecule has 1 fully saturated rings. The summed E-state index contributed by atoms with van der Waals surface area (Å²) in [5, 5.41) is 3.30. The standard InChI is InChI=1S/C16H28N4O3S2/c1-4-5-8-19(3)16(17-2)18-13-14-6-7-15(24-14)25(21,22)20-9-11-23-12-10-20/h6-7H,4-5,8-13H2,1-3H3,(H,17,18). The maximum Gasteiger partial charge on any atom is 0.252 e. The molecule has 0 unspecified atom stereocenters. The van der Waals surface area contributed by atoms with E-state index >= 15 is 0 Å². The molecule has 0 radical (unpaired) electrons. The van der Waals surface area contributed by atoms with Crippen LogP contribution in [0.3, 0.4) is 0 Å². The predicted molar refractivity (Wildman–Crippen MR) is 102 cm³/mol. The Labute approximate surface area is 154 Å². The molecule has 7 nitrogen and oxygen atoms in total. The maximum absolute atomic E-state index is 12.6. The summed E-state index contributed by atoms with van der Waals surface area (Å²) in [5.74, 6) is 0.819. The minimum Gasteiger partial charge on any atom is -0.379 e. The lowest BCUT2D eigenvalue weighted by Gasteiger charge is -2.25. The Balaban J connectivity index is 1.96. The lowest BCUT2D eigenvalue weighted by atomic mass is 10.3. The monoisotopic (exact) mass is 388 g/mol. The summed E-state index contributed by atoms with van der Waals surface area (Å²) in [6.07, 6.45) is 2.24. The molecule has 0 amide bonds. The van der Waals surface area contributed by atoms with E-state index in [2.05, 4.69) is 22.1 Å². The van der Waals surface area contributed by atoms with E-state index in [9.17, 15) is 8.42 Å². The predicted octanol–water partition coefficient (Wildman–Crippen LogP) is 1.58. The highest BCUT2D eigenvalue weighted by Gasteiger charge is 2.27. The molecule has 25 heavy (non-hydrogen) atoms. The number of guanidine groups is 1. The molecule has 142 valence electrons. The van der Waals surface area contributed by atoms with Crippen molar-refractivity contribution in [3.63, 3.8) is 0 Å². The first kappa shape index (κ1) is 20.2. The first-order valence-electron chi connectivity index (χ1n) is 8.57. The summed E-state index contributed by atoms with van der Waals surface area (Å²) in [7, 11) is 0.355.